The first-order valence-electron chi connectivity index (χ1n) is 6.71. The van der Waals surface area contributed by atoms with E-state index in [-0.39, 0.29) is 11.6 Å². The summed E-state index contributed by atoms with van der Waals surface area (Å²) in [7, 11) is 0. The number of nitro benzene ring substituents is 1. The Morgan fingerprint density at radius 2 is 2.30 bits per heavy atom. The van der Waals surface area contributed by atoms with E-state index in [1.807, 2.05) is 0 Å². The number of carbonyl (C=O) groups excluding carboxylic acids is 1. The summed E-state index contributed by atoms with van der Waals surface area (Å²) in [5, 5.41) is 19.7. The van der Waals surface area contributed by atoms with Crippen molar-refractivity contribution in [2.24, 2.45) is 11.1 Å². The first-order valence-corrected chi connectivity index (χ1v) is 7.59. The molecule has 1 N–H and O–H groups in total. The van der Waals surface area contributed by atoms with Crippen molar-refractivity contribution in [1.82, 2.24) is 4.98 Å². The molecule has 1 amide bonds. The maximum atomic E-state index is 12.5. The van der Waals surface area contributed by atoms with Gasteiger partial charge in [0.15, 0.2) is 11.2 Å². The zero-order valence-corrected chi connectivity index (χ0v) is 12.8. The number of benzene rings is 1. The second-order valence-corrected chi connectivity index (χ2v) is 5.81. The van der Waals surface area contributed by atoms with Crippen LogP contribution >= 0.6 is 11.3 Å². The van der Waals surface area contributed by atoms with Crippen molar-refractivity contribution in [3.8, 4) is 0 Å². The van der Waals surface area contributed by atoms with E-state index >= 15 is 0 Å². The number of aromatic nitrogens is 1. The molecule has 3 rings (SSSR count). The summed E-state index contributed by atoms with van der Waals surface area (Å²) in [6.45, 7) is 1.68. The van der Waals surface area contributed by atoms with Crippen molar-refractivity contribution < 1.29 is 14.6 Å². The van der Waals surface area contributed by atoms with E-state index in [0.717, 1.165) is 0 Å². The Kier molecular flexibility index (Phi) is 4.02. The van der Waals surface area contributed by atoms with Gasteiger partial charge in [-0.1, -0.05) is 17.3 Å². The Labute approximate surface area is 134 Å². The van der Waals surface area contributed by atoms with Crippen molar-refractivity contribution >= 4 is 33.8 Å². The van der Waals surface area contributed by atoms with Crippen LogP contribution in [0.2, 0.25) is 0 Å². The molecule has 9 heteroatoms. The van der Waals surface area contributed by atoms with Crippen LogP contribution in [0.1, 0.15) is 18.6 Å². The molecule has 0 aliphatic carbocycles. The molecule has 1 aromatic carbocycles. The largest absolute Gasteiger partial charge is 0.386 e. The number of rotatable bonds is 4. The molecular weight excluding hydrogens is 320 g/mol. The van der Waals surface area contributed by atoms with Gasteiger partial charge >= 0.3 is 0 Å². The minimum absolute atomic E-state index is 0.0604. The van der Waals surface area contributed by atoms with Gasteiger partial charge < -0.3 is 10.2 Å². The second-order valence-electron chi connectivity index (χ2n) is 4.91. The fraction of sp³-hybridized carbons (Fsp3) is 0.214. The lowest BCUT2D eigenvalue weighted by Gasteiger charge is -2.17. The molecule has 0 spiro atoms. The normalized spacial score (nSPS) is 19.8. The first kappa shape index (κ1) is 15.1. The number of nitro groups is 1. The van der Waals surface area contributed by atoms with E-state index in [0.29, 0.717) is 16.4 Å². The molecule has 2 aromatic rings. The summed E-state index contributed by atoms with van der Waals surface area (Å²) in [6, 6.07) is 6.01. The average molecular weight is 332 g/mol. The number of anilines is 1. The Morgan fingerprint density at radius 3 is 3.00 bits per heavy atom. The van der Waals surface area contributed by atoms with Crippen LogP contribution in [0, 0.1) is 16.0 Å². The smallest absolute Gasteiger partial charge is 0.269 e. The maximum Gasteiger partial charge on any atom is 0.269 e. The molecule has 23 heavy (non-hydrogen) atoms. The molecule has 0 radical (unpaired) electrons. The predicted octanol–water partition coefficient (Wildman–Crippen LogP) is 2.75. The number of nitrogens with zero attached hydrogens (tertiary/aromatic N) is 3. The van der Waals surface area contributed by atoms with Crippen molar-refractivity contribution in [3.63, 3.8) is 0 Å². The molecule has 0 saturated heterocycles. The minimum Gasteiger partial charge on any atom is -0.386 e. The highest BCUT2D eigenvalue weighted by Crippen LogP contribution is 2.35. The summed E-state index contributed by atoms with van der Waals surface area (Å²) >= 11 is 1.30. The molecule has 1 aromatic heterocycles. The number of amides is 1. The maximum absolute atomic E-state index is 12.5. The zero-order chi connectivity index (χ0) is 16.4. The van der Waals surface area contributed by atoms with Gasteiger partial charge in [-0.15, -0.1) is 11.3 Å². The van der Waals surface area contributed by atoms with Gasteiger partial charge in [0.1, 0.15) is 5.92 Å². The summed E-state index contributed by atoms with van der Waals surface area (Å²) in [5.74, 6) is -0.976. The van der Waals surface area contributed by atoms with Crippen LogP contribution in [0.25, 0.3) is 0 Å². The van der Waals surface area contributed by atoms with E-state index in [9.17, 15) is 14.9 Å². The highest BCUT2D eigenvalue weighted by Gasteiger charge is 2.39. The van der Waals surface area contributed by atoms with Gasteiger partial charge in [0.2, 0.25) is 5.91 Å². The number of hydrogen-bond acceptors (Lipinski definition) is 7. The lowest BCUT2D eigenvalue weighted by atomic mass is 9.92. The van der Waals surface area contributed by atoms with Crippen LogP contribution in [0.4, 0.5) is 10.8 Å². The number of thiazole rings is 1. The van der Waals surface area contributed by atoms with Crippen LogP contribution in [-0.2, 0) is 9.63 Å². The predicted molar refractivity (Wildman–Crippen MR) is 84.3 cm³/mol. The molecule has 2 atom stereocenters. The Balaban J connectivity index is 1.85. The standard InChI is InChI=1S/C14H12N4O4S/c1-8-11(13(19)16-14-15-5-6-23-14)12(22-17-8)9-3-2-4-10(7-9)18(20)21/h2-7,11-12H,1H3,(H,15,16,19)/t11-,12+/m0/s1. The fourth-order valence-corrected chi connectivity index (χ4v) is 2.87. The van der Waals surface area contributed by atoms with Crippen molar-refractivity contribution in [2.75, 3.05) is 5.32 Å². The summed E-state index contributed by atoms with van der Waals surface area (Å²) < 4.78 is 0. The zero-order valence-electron chi connectivity index (χ0n) is 12.0. The third-order valence-electron chi connectivity index (χ3n) is 3.42. The van der Waals surface area contributed by atoms with Crippen LogP contribution < -0.4 is 5.32 Å². The minimum atomic E-state index is -0.699. The molecule has 8 nitrogen and oxygen atoms in total. The lowest BCUT2D eigenvalue weighted by molar-refractivity contribution is -0.385. The number of carbonyl (C=O) groups is 1. The van der Waals surface area contributed by atoms with Gasteiger partial charge in [0, 0.05) is 29.3 Å². The molecule has 118 valence electrons. The van der Waals surface area contributed by atoms with Gasteiger partial charge in [-0.3, -0.25) is 14.9 Å². The molecule has 1 aliphatic rings. The lowest BCUT2D eigenvalue weighted by Crippen LogP contribution is -2.30. The first-order chi connectivity index (χ1) is 11.1. The van der Waals surface area contributed by atoms with Crippen LogP contribution in [-0.4, -0.2) is 21.5 Å². The number of hydrogen-bond donors (Lipinski definition) is 1. The van der Waals surface area contributed by atoms with Gasteiger partial charge in [-0.2, -0.15) is 0 Å². The number of oxime groups is 1. The van der Waals surface area contributed by atoms with Gasteiger partial charge in [0.05, 0.1) is 10.6 Å². The summed E-state index contributed by atoms with van der Waals surface area (Å²) in [6.07, 6.45) is 0.889. The number of nitrogens with one attached hydrogen (secondary N) is 1. The van der Waals surface area contributed by atoms with Gasteiger partial charge in [0.25, 0.3) is 5.69 Å². The highest BCUT2D eigenvalue weighted by atomic mass is 32.1. The van der Waals surface area contributed by atoms with Crippen molar-refractivity contribution in [1.29, 1.82) is 0 Å². The molecule has 0 unspecified atom stereocenters. The third-order valence-corrected chi connectivity index (χ3v) is 4.11. The molecule has 0 fully saturated rings. The Hall–Kier alpha value is -2.81. The molecule has 2 heterocycles. The average Bonchev–Trinajstić information content (AvgIpc) is 3.16. The Morgan fingerprint density at radius 1 is 1.48 bits per heavy atom. The van der Waals surface area contributed by atoms with Crippen LogP contribution in [0.15, 0.2) is 41.0 Å². The van der Waals surface area contributed by atoms with Crippen LogP contribution in [0.5, 0.6) is 0 Å². The summed E-state index contributed by atoms with van der Waals surface area (Å²) in [5.41, 5.74) is 0.976. The molecule has 0 saturated carbocycles. The Bertz CT molecular complexity index is 775. The SMILES string of the molecule is CC1=NO[C@H](c2cccc([N+](=O)[O-])c2)[C@H]1C(=O)Nc1nccs1. The van der Waals surface area contributed by atoms with E-state index < -0.39 is 16.9 Å². The highest BCUT2D eigenvalue weighted by molar-refractivity contribution is 7.13. The molecular formula is C14H12N4O4S. The third kappa shape index (κ3) is 3.04. The van der Waals surface area contributed by atoms with E-state index in [4.69, 9.17) is 4.84 Å². The van der Waals surface area contributed by atoms with E-state index in [2.05, 4.69) is 15.5 Å². The number of non-ortho nitro benzene ring substituents is 1. The second kappa shape index (κ2) is 6.13. The molecule has 0 bridgehead atoms. The molecule has 1 aliphatic heterocycles. The van der Waals surface area contributed by atoms with Crippen LogP contribution in [0.3, 0.4) is 0 Å². The summed E-state index contributed by atoms with van der Waals surface area (Å²) in [4.78, 5) is 32.2. The van der Waals surface area contributed by atoms with Gasteiger partial charge in [-0.25, -0.2) is 4.98 Å². The van der Waals surface area contributed by atoms with Gasteiger partial charge in [-0.05, 0) is 6.92 Å². The fourth-order valence-electron chi connectivity index (χ4n) is 2.34. The van der Waals surface area contributed by atoms with Crippen molar-refractivity contribution in [3.05, 3.63) is 51.5 Å². The van der Waals surface area contributed by atoms with E-state index in [1.165, 1.54) is 23.5 Å². The van der Waals surface area contributed by atoms with Crippen molar-refractivity contribution in [2.45, 2.75) is 13.0 Å². The quantitative estimate of drug-likeness (QED) is 0.684. The topological polar surface area (TPSA) is 107 Å². The monoisotopic (exact) mass is 332 g/mol. The van der Waals surface area contributed by atoms with E-state index in [1.54, 1.807) is 30.6 Å².